The Bertz CT molecular complexity index is 796. The Kier molecular flexibility index (Phi) is 5.84. The highest BCUT2D eigenvalue weighted by Gasteiger charge is 2.29. The van der Waals surface area contributed by atoms with Crippen LogP contribution in [0.4, 0.5) is 10.1 Å². The summed E-state index contributed by atoms with van der Waals surface area (Å²) in [5.74, 6) is -0.896. The van der Waals surface area contributed by atoms with Gasteiger partial charge in [-0.1, -0.05) is 12.8 Å². The fourth-order valence-corrected chi connectivity index (χ4v) is 4.77. The highest BCUT2D eigenvalue weighted by Crippen LogP contribution is 2.26. The zero-order valence-electron chi connectivity index (χ0n) is 13.3. The molecule has 2 unspecified atom stereocenters. The van der Waals surface area contributed by atoms with E-state index in [-0.39, 0.29) is 22.5 Å². The Balaban J connectivity index is 2.21. The molecule has 1 saturated carbocycles. The number of sulfonamides is 2. The van der Waals surface area contributed by atoms with Gasteiger partial charge in [0.05, 0.1) is 16.8 Å². The largest absolute Gasteiger partial charge is 0.330 e. The first-order valence-corrected chi connectivity index (χ1v) is 11.0. The molecule has 0 aliphatic heterocycles. The molecule has 7 nitrogen and oxygen atoms in total. The SMILES string of the molecule is CS(=O)(=O)Nc1ccc(S(=O)(=O)NC2CCCCC2CN)cc1F. The summed E-state index contributed by atoms with van der Waals surface area (Å²) in [7, 11) is -7.56. The predicted octanol–water partition coefficient (Wildman–Crippen LogP) is 0.993. The van der Waals surface area contributed by atoms with Crippen molar-refractivity contribution in [2.75, 3.05) is 17.5 Å². The van der Waals surface area contributed by atoms with Gasteiger partial charge >= 0.3 is 0 Å². The monoisotopic (exact) mass is 379 g/mol. The first kappa shape index (κ1) is 19.1. The van der Waals surface area contributed by atoms with E-state index in [1.807, 2.05) is 4.72 Å². The molecule has 1 aliphatic rings. The van der Waals surface area contributed by atoms with E-state index in [1.165, 1.54) is 6.07 Å². The molecule has 1 fully saturated rings. The molecule has 136 valence electrons. The lowest BCUT2D eigenvalue weighted by Gasteiger charge is -2.31. The van der Waals surface area contributed by atoms with Crippen LogP contribution >= 0.6 is 0 Å². The summed E-state index contributed by atoms with van der Waals surface area (Å²) in [6.45, 7) is 0.388. The molecule has 0 heterocycles. The van der Waals surface area contributed by atoms with Gasteiger partial charge in [-0.15, -0.1) is 0 Å². The van der Waals surface area contributed by atoms with Crippen molar-refractivity contribution in [3.8, 4) is 0 Å². The minimum absolute atomic E-state index is 0.0598. The van der Waals surface area contributed by atoms with Crippen molar-refractivity contribution in [1.82, 2.24) is 4.72 Å². The zero-order valence-corrected chi connectivity index (χ0v) is 15.0. The summed E-state index contributed by atoms with van der Waals surface area (Å²) in [5, 5.41) is 0. The van der Waals surface area contributed by atoms with Crippen molar-refractivity contribution in [3.63, 3.8) is 0 Å². The molecule has 24 heavy (non-hydrogen) atoms. The second-order valence-electron chi connectivity index (χ2n) is 6.02. The molecule has 2 rings (SSSR count). The number of hydrogen-bond acceptors (Lipinski definition) is 5. The van der Waals surface area contributed by atoms with Crippen LogP contribution in [0, 0.1) is 11.7 Å². The maximum atomic E-state index is 14.0. The molecule has 1 aliphatic carbocycles. The average Bonchev–Trinajstić information content (AvgIpc) is 2.48. The van der Waals surface area contributed by atoms with Crippen molar-refractivity contribution in [1.29, 1.82) is 0 Å². The van der Waals surface area contributed by atoms with Gasteiger partial charge in [0.2, 0.25) is 20.0 Å². The van der Waals surface area contributed by atoms with Crippen LogP contribution in [0.15, 0.2) is 23.1 Å². The molecule has 10 heteroatoms. The Morgan fingerprint density at radius 3 is 2.46 bits per heavy atom. The molecule has 1 aromatic rings. The fourth-order valence-electron chi connectivity index (χ4n) is 2.86. The molecule has 1 aromatic carbocycles. The normalized spacial score (nSPS) is 22.3. The Morgan fingerprint density at radius 1 is 1.21 bits per heavy atom. The lowest BCUT2D eigenvalue weighted by molar-refractivity contribution is 0.296. The van der Waals surface area contributed by atoms with E-state index in [1.54, 1.807) is 0 Å². The summed E-state index contributed by atoms with van der Waals surface area (Å²) in [5.41, 5.74) is 5.40. The van der Waals surface area contributed by atoms with Crippen LogP contribution in [0.5, 0.6) is 0 Å². The Hall–Kier alpha value is -1.23. The minimum Gasteiger partial charge on any atom is -0.330 e. The van der Waals surface area contributed by atoms with E-state index in [0.29, 0.717) is 13.0 Å². The molecule has 0 aromatic heterocycles. The Morgan fingerprint density at radius 2 is 1.88 bits per heavy atom. The van der Waals surface area contributed by atoms with Gasteiger partial charge in [-0.25, -0.2) is 25.9 Å². The van der Waals surface area contributed by atoms with Crippen LogP contribution in [-0.4, -0.2) is 35.7 Å². The van der Waals surface area contributed by atoms with Gasteiger partial charge in [0.25, 0.3) is 0 Å². The lowest BCUT2D eigenvalue weighted by Crippen LogP contribution is -2.44. The molecule has 0 amide bonds. The quantitative estimate of drug-likeness (QED) is 0.681. The molecular formula is C14H22FN3O4S2. The minimum atomic E-state index is -3.91. The topological polar surface area (TPSA) is 118 Å². The third-order valence-corrected chi connectivity index (χ3v) is 6.14. The standard InChI is InChI=1S/C14H22FN3O4S2/c1-23(19,20)17-14-7-6-11(8-12(14)15)24(21,22)18-13-5-3-2-4-10(13)9-16/h6-8,10,13,17-18H,2-5,9,16H2,1H3. The Labute approximate surface area is 141 Å². The number of benzene rings is 1. The number of rotatable bonds is 6. The van der Waals surface area contributed by atoms with Crippen molar-refractivity contribution >= 4 is 25.7 Å². The number of nitrogens with two attached hydrogens (primary N) is 1. The van der Waals surface area contributed by atoms with Gasteiger partial charge in [-0.2, -0.15) is 0 Å². The van der Waals surface area contributed by atoms with Gasteiger partial charge in [0.1, 0.15) is 5.82 Å². The average molecular weight is 379 g/mol. The van der Waals surface area contributed by atoms with Gasteiger partial charge in [0, 0.05) is 6.04 Å². The summed E-state index contributed by atoms with van der Waals surface area (Å²) in [6, 6.07) is 2.78. The predicted molar refractivity (Wildman–Crippen MR) is 90.0 cm³/mol. The van der Waals surface area contributed by atoms with Crippen LogP contribution in [0.3, 0.4) is 0 Å². The molecule has 0 bridgehead atoms. The fraction of sp³-hybridized carbons (Fsp3) is 0.571. The smallest absolute Gasteiger partial charge is 0.240 e. The van der Waals surface area contributed by atoms with E-state index in [0.717, 1.165) is 37.7 Å². The van der Waals surface area contributed by atoms with E-state index in [9.17, 15) is 21.2 Å². The summed E-state index contributed by atoms with van der Waals surface area (Å²) >= 11 is 0. The third-order valence-electron chi connectivity index (χ3n) is 4.06. The maximum Gasteiger partial charge on any atom is 0.240 e. The molecule has 4 N–H and O–H groups in total. The number of hydrogen-bond donors (Lipinski definition) is 3. The maximum absolute atomic E-state index is 14.0. The van der Waals surface area contributed by atoms with Crippen LogP contribution in [0.25, 0.3) is 0 Å². The lowest BCUT2D eigenvalue weighted by atomic mass is 9.85. The molecule has 0 spiro atoms. The number of nitrogens with one attached hydrogen (secondary N) is 2. The van der Waals surface area contributed by atoms with E-state index in [4.69, 9.17) is 5.73 Å². The van der Waals surface area contributed by atoms with Crippen LogP contribution < -0.4 is 15.2 Å². The van der Waals surface area contributed by atoms with E-state index in [2.05, 4.69) is 4.72 Å². The highest BCUT2D eigenvalue weighted by atomic mass is 32.2. The molecule has 2 atom stereocenters. The van der Waals surface area contributed by atoms with Gasteiger partial charge in [0.15, 0.2) is 0 Å². The first-order valence-electron chi connectivity index (χ1n) is 7.62. The molecular weight excluding hydrogens is 357 g/mol. The van der Waals surface area contributed by atoms with Crippen molar-refractivity contribution < 1.29 is 21.2 Å². The molecule has 0 radical (unpaired) electrons. The van der Waals surface area contributed by atoms with Gasteiger partial charge in [-0.3, -0.25) is 4.72 Å². The number of halogens is 1. The highest BCUT2D eigenvalue weighted by molar-refractivity contribution is 7.92. The van der Waals surface area contributed by atoms with Crippen molar-refractivity contribution in [2.45, 2.75) is 36.6 Å². The number of anilines is 1. The summed E-state index contributed by atoms with van der Waals surface area (Å²) in [6.07, 6.45) is 4.36. The van der Waals surface area contributed by atoms with E-state index < -0.39 is 25.9 Å². The summed E-state index contributed by atoms with van der Waals surface area (Å²) in [4.78, 5) is -0.250. The summed E-state index contributed by atoms with van der Waals surface area (Å²) < 4.78 is 65.8. The van der Waals surface area contributed by atoms with E-state index >= 15 is 0 Å². The third kappa shape index (κ3) is 4.88. The van der Waals surface area contributed by atoms with Crippen molar-refractivity contribution in [3.05, 3.63) is 24.0 Å². The van der Waals surface area contributed by atoms with Crippen molar-refractivity contribution in [2.24, 2.45) is 11.7 Å². The molecule has 0 saturated heterocycles. The van der Waals surface area contributed by atoms with Gasteiger partial charge in [-0.05, 0) is 43.5 Å². The van der Waals surface area contributed by atoms with Crippen LogP contribution in [0.2, 0.25) is 0 Å². The second kappa shape index (κ2) is 7.34. The van der Waals surface area contributed by atoms with Crippen LogP contribution in [-0.2, 0) is 20.0 Å². The zero-order chi connectivity index (χ0) is 18.0. The second-order valence-corrected chi connectivity index (χ2v) is 9.49. The van der Waals surface area contributed by atoms with Crippen LogP contribution in [0.1, 0.15) is 25.7 Å². The van der Waals surface area contributed by atoms with Gasteiger partial charge < -0.3 is 5.73 Å². The first-order chi connectivity index (χ1) is 11.1.